The third kappa shape index (κ3) is 4.93. The molecule has 2 nitrogen and oxygen atoms in total. The number of hydrogen-bond donors (Lipinski definition) is 0. The largest absolute Gasteiger partial charge is 1.00 e. The second-order valence-electron chi connectivity index (χ2n) is 3.22. The number of methoxy groups -OCH3 is 1. The van der Waals surface area contributed by atoms with Gasteiger partial charge in [0.15, 0.2) is 0 Å². The van der Waals surface area contributed by atoms with Crippen LogP contribution in [0.25, 0.3) is 0 Å². The normalized spacial score (nSPS) is 14.5. The molecule has 86 valence electrons. The van der Waals surface area contributed by atoms with E-state index in [0.717, 1.165) is 27.9 Å². The molecule has 1 heterocycles. The molecule has 0 aliphatic carbocycles. The molecule has 0 saturated heterocycles. The van der Waals surface area contributed by atoms with Crippen molar-refractivity contribution >= 4 is 23.5 Å². The quantitative estimate of drug-likeness (QED) is 0.572. The molecule has 1 aliphatic heterocycles. The van der Waals surface area contributed by atoms with Gasteiger partial charge in [0.1, 0.15) is 12.4 Å². The smallest absolute Gasteiger partial charge is 0.519 e. The van der Waals surface area contributed by atoms with Crippen LogP contribution in [0.5, 0.6) is 5.75 Å². The van der Waals surface area contributed by atoms with Crippen molar-refractivity contribution < 1.29 is 28.3 Å². The molecule has 0 atom stereocenters. The van der Waals surface area contributed by atoms with Gasteiger partial charge in [-0.05, 0) is 28.5 Å². The van der Waals surface area contributed by atoms with Crippen molar-refractivity contribution in [1.82, 2.24) is 0 Å². The van der Waals surface area contributed by atoms with Crippen molar-refractivity contribution in [1.29, 1.82) is 0 Å². The zero-order valence-corrected chi connectivity index (χ0v) is 11.7. The maximum atomic E-state index is 5.65. The summed E-state index contributed by atoms with van der Waals surface area (Å²) in [5.41, 5.74) is 1.14. The Hall–Kier alpha value is -0.143. The van der Waals surface area contributed by atoms with E-state index in [4.69, 9.17) is 9.47 Å². The summed E-state index contributed by atoms with van der Waals surface area (Å²) in [6.07, 6.45) is 0. The fourth-order valence-electron chi connectivity index (χ4n) is 1.26. The summed E-state index contributed by atoms with van der Waals surface area (Å²) >= 11 is 3.42. The summed E-state index contributed by atoms with van der Waals surface area (Å²) in [7, 11) is 1.67. The molecule has 0 fully saturated rings. The van der Waals surface area contributed by atoms with Crippen molar-refractivity contribution in [2.24, 2.45) is 0 Å². The van der Waals surface area contributed by atoms with E-state index in [1.54, 1.807) is 30.6 Å². The van der Waals surface area contributed by atoms with E-state index in [9.17, 15) is 0 Å². The van der Waals surface area contributed by atoms with Gasteiger partial charge in [0.25, 0.3) is 0 Å². The second kappa shape index (κ2) is 8.05. The fourth-order valence-corrected chi connectivity index (χ4v) is 2.94. The first-order valence-electron chi connectivity index (χ1n) is 5.02. The first-order chi connectivity index (χ1) is 7.88. The molecular weight excluding hydrogens is 247 g/mol. The Bertz CT molecular complexity index is 365. The van der Waals surface area contributed by atoms with E-state index < -0.39 is 0 Å². The van der Waals surface area contributed by atoms with Crippen LogP contribution in [-0.2, 0) is 11.3 Å². The van der Waals surface area contributed by atoms with E-state index >= 15 is 0 Å². The van der Waals surface area contributed by atoms with Gasteiger partial charge in [0.2, 0.25) is 0 Å². The number of benzene rings is 1. The molecule has 2 rings (SSSR count). The van der Waals surface area contributed by atoms with Crippen LogP contribution >= 0.6 is 23.5 Å². The van der Waals surface area contributed by atoms with Crippen LogP contribution in [0.2, 0.25) is 0 Å². The summed E-state index contributed by atoms with van der Waals surface area (Å²) in [5, 5.41) is 4.07. The Kier molecular flexibility index (Phi) is 7.06. The molecule has 17 heavy (non-hydrogen) atoms. The fraction of sp³-hybridized carbons (Fsp3) is 0.333. The first kappa shape index (κ1) is 14.9. The van der Waals surface area contributed by atoms with Crippen LogP contribution in [-0.4, -0.2) is 18.6 Å². The maximum absolute atomic E-state index is 5.65. The number of rotatable bonds is 4. The average molecular weight is 260 g/mol. The molecule has 0 unspecified atom stereocenters. The molecule has 0 N–H and O–H groups in total. The van der Waals surface area contributed by atoms with E-state index in [1.165, 1.54) is 0 Å². The van der Waals surface area contributed by atoms with Gasteiger partial charge in [0.05, 0.1) is 7.11 Å². The Morgan fingerprint density at radius 3 is 2.59 bits per heavy atom. The molecule has 0 spiro atoms. The SMILES string of the molecule is COc1ccc(COC2=[C-]SCCS2)cc1.[Li+]. The van der Waals surface area contributed by atoms with E-state index in [2.05, 4.69) is 5.41 Å². The third-order valence-corrected chi connectivity index (χ3v) is 4.12. The van der Waals surface area contributed by atoms with Gasteiger partial charge in [-0.2, -0.15) is 0 Å². The molecular formula is C12H13LiO2S2. The van der Waals surface area contributed by atoms with E-state index in [-0.39, 0.29) is 18.9 Å². The number of hydrogen-bond acceptors (Lipinski definition) is 4. The maximum Gasteiger partial charge on any atom is 1.00 e. The van der Waals surface area contributed by atoms with E-state index in [0.29, 0.717) is 6.61 Å². The molecule has 1 aromatic rings. The Labute approximate surface area is 123 Å². The van der Waals surface area contributed by atoms with E-state index in [1.807, 2.05) is 24.3 Å². The van der Waals surface area contributed by atoms with Crippen LogP contribution in [0.3, 0.4) is 0 Å². The number of ether oxygens (including phenoxy) is 2. The predicted molar refractivity (Wildman–Crippen MR) is 69.5 cm³/mol. The predicted octanol–water partition coefficient (Wildman–Crippen LogP) is 0.298. The zero-order valence-electron chi connectivity index (χ0n) is 10.1. The first-order valence-corrected chi connectivity index (χ1v) is 6.99. The van der Waals surface area contributed by atoms with Gasteiger partial charge in [-0.25, -0.2) is 0 Å². The summed E-state index contributed by atoms with van der Waals surface area (Å²) in [6.45, 7) is 0.597. The van der Waals surface area contributed by atoms with Gasteiger partial charge in [0, 0.05) is 5.75 Å². The monoisotopic (exact) mass is 260 g/mol. The summed E-state index contributed by atoms with van der Waals surface area (Å²) in [4.78, 5) is 0. The topological polar surface area (TPSA) is 18.5 Å². The molecule has 0 saturated carbocycles. The minimum absolute atomic E-state index is 0. The second-order valence-corrected chi connectivity index (χ2v) is 5.19. The van der Waals surface area contributed by atoms with Crippen molar-refractivity contribution in [2.45, 2.75) is 6.61 Å². The van der Waals surface area contributed by atoms with Crippen LogP contribution < -0.4 is 23.6 Å². The third-order valence-electron chi connectivity index (χ3n) is 2.10. The summed E-state index contributed by atoms with van der Waals surface area (Å²) in [6, 6.07) is 7.92. The van der Waals surface area contributed by atoms with Gasteiger partial charge < -0.3 is 26.6 Å². The molecule has 1 aliphatic rings. The number of thioether (sulfide) groups is 2. The van der Waals surface area contributed by atoms with Crippen molar-refractivity contribution in [3.05, 3.63) is 40.3 Å². The Morgan fingerprint density at radius 2 is 2.00 bits per heavy atom. The van der Waals surface area contributed by atoms with Crippen LogP contribution in [0.1, 0.15) is 5.56 Å². The van der Waals surface area contributed by atoms with Crippen LogP contribution in [0.4, 0.5) is 0 Å². The summed E-state index contributed by atoms with van der Waals surface area (Å²) in [5.74, 6) is 3.10. The minimum atomic E-state index is 0. The van der Waals surface area contributed by atoms with Gasteiger partial charge in [-0.1, -0.05) is 12.1 Å². The average Bonchev–Trinajstić information content (AvgIpc) is 2.38. The standard InChI is InChI=1S/C12H13O2S2.Li/c1-13-11-4-2-10(3-5-11)8-14-12-9-15-6-7-16-12;/h2-5H,6-8H2,1H3;/q-1;+1. The van der Waals surface area contributed by atoms with Gasteiger partial charge >= 0.3 is 18.9 Å². The summed E-state index contributed by atoms with van der Waals surface area (Å²) < 4.78 is 10.7. The van der Waals surface area contributed by atoms with Crippen molar-refractivity contribution in [2.75, 3.05) is 18.6 Å². The van der Waals surface area contributed by atoms with Crippen molar-refractivity contribution in [3.8, 4) is 5.75 Å². The van der Waals surface area contributed by atoms with Gasteiger partial charge in [-0.3, -0.25) is 0 Å². The molecule has 0 bridgehead atoms. The Balaban J connectivity index is 0.00000144. The van der Waals surface area contributed by atoms with Crippen LogP contribution in [0.15, 0.2) is 29.4 Å². The van der Waals surface area contributed by atoms with Crippen molar-refractivity contribution in [3.63, 3.8) is 0 Å². The molecule has 0 radical (unpaired) electrons. The van der Waals surface area contributed by atoms with Crippen LogP contribution in [0, 0.1) is 5.41 Å². The zero-order chi connectivity index (χ0) is 11.2. The molecule has 0 amide bonds. The van der Waals surface area contributed by atoms with Gasteiger partial charge in [-0.15, -0.1) is 11.8 Å². The minimum Gasteiger partial charge on any atom is -0.519 e. The Morgan fingerprint density at radius 1 is 1.24 bits per heavy atom. The molecule has 5 heteroatoms. The molecule has 0 aromatic heterocycles. The molecule has 1 aromatic carbocycles.